The molecule has 0 saturated carbocycles. The summed E-state index contributed by atoms with van der Waals surface area (Å²) in [6.07, 6.45) is 2.36. The zero-order chi connectivity index (χ0) is 20.8. The molecular weight excluding hydrogens is 390 g/mol. The molecule has 0 spiro atoms. The third kappa shape index (κ3) is 5.55. The maximum Gasteiger partial charge on any atom is 0.312 e. The van der Waals surface area contributed by atoms with Crippen LogP contribution in [0.3, 0.4) is 0 Å². The third-order valence-corrected chi connectivity index (χ3v) is 4.94. The van der Waals surface area contributed by atoms with Gasteiger partial charge in [-0.1, -0.05) is 12.1 Å². The van der Waals surface area contributed by atoms with E-state index >= 15 is 0 Å². The number of ketones is 1. The molecule has 0 radical (unpaired) electrons. The molecule has 0 aliphatic rings. The van der Waals surface area contributed by atoms with E-state index < -0.39 is 18.0 Å². The number of aromatic nitrogens is 2. The number of benzene rings is 1. The van der Waals surface area contributed by atoms with Gasteiger partial charge in [0.05, 0.1) is 12.1 Å². The van der Waals surface area contributed by atoms with Crippen LogP contribution < -0.4 is 5.32 Å². The van der Waals surface area contributed by atoms with E-state index in [1.807, 2.05) is 12.1 Å². The number of carbonyl (C=O) groups excluding carboxylic acids is 3. The number of thiazole rings is 1. The number of hydrogen-bond donors (Lipinski definition) is 1. The van der Waals surface area contributed by atoms with Crippen LogP contribution in [0.5, 0.6) is 0 Å². The fraction of sp³-hybridized carbons (Fsp3) is 0.190. The second-order valence-electron chi connectivity index (χ2n) is 6.32. The number of hydrogen-bond acceptors (Lipinski definition) is 7. The van der Waals surface area contributed by atoms with Crippen LogP contribution in [0.25, 0.3) is 10.6 Å². The van der Waals surface area contributed by atoms with E-state index in [-0.39, 0.29) is 12.2 Å². The quantitative estimate of drug-likeness (QED) is 0.474. The lowest BCUT2D eigenvalue weighted by Crippen LogP contribution is -2.30. The van der Waals surface area contributed by atoms with Crippen LogP contribution in [0.4, 0.5) is 5.69 Å². The van der Waals surface area contributed by atoms with Gasteiger partial charge in [-0.2, -0.15) is 0 Å². The smallest absolute Gasteiger partial charge is 0.312 e. The molecular formula is C21H19N3O4S. The first kappa shape index (κ1) is 20.3. The van der Waals surface area contributed by atoms with Crippen molar-refractivity contribution in [3.63, 3.8) is 0 Å². The number of anilines is 1. The van der Waals surface area contributed by atoms with Crippen LogP contribution >= 0.6 is 11.3 Å². The minimum Gasteiger partial charge on any atom is -0.452 e. The molecule has 1 N–H and O–H groups in total. The highest BCUT2D eigenvalue weighted by Crippen LogP contribution is 2.23. The lowest BCUT2D eigenvalue weighted by atomic mass is 10.1. The highest BCUT2D eigenvalue weighted by Gasteiger charge is 2.19. The van der Waals surface area contributed by atoms with Gasteiger partial charge < -0.3 is 10.1 Å². The van der Waals surface area contributed by atoms with Gasteiger partial charge in [0.25, 0.3) is 5.91 Å². The van der Waals surface area contributed by atoms with E-state index in [2.05, 4.69) is 15.3 Å². The van der Waals surface area contributed by atoms with Crippen molar-refractivity contribution in [2.75, 3.05) is 5.32 Å². The topological polar surface area (TPSA) is 98.2 Å². The van der Waals surface area contributed by atoms with Crippen molar-refractivity contribution in [1.82, 2.24) is 9.97 Å². The minimum absolute atomic E-state index is 0.0335. The first-order valence-electron chi connectivity index (χ1n) is 8.88. The van der Waals surface area contributed by atoms with Crippen molar-refractivity contribution in [2.45, 2.75) is 26.4 Å². The average Bonchev–Trinajstić information content (AvgIpc) is 3.17. The fourth-order valence-corrected chi connectivity index (χ4v) is 3.32. The Morgan fingerprint density at radius 1 is 1.21 bits per heavy atom. The monoisotopic (exact) mass is 409 g/mol. The molecule has 2 heterocycles. The molecule has 3 rings (SSSR count). The zero-order valence-electron chi connectivity index (χ0n) is 15.9. The van der Waals surface area contributed by atoms with Crippen molar-refractivity contribution in [3.05, 3.63) is 65.4 Å². The molecule has 1 atom stereocenters. The summed E-state index contributed by atoms with van der Waals surface area (Å²) in [6, 6.07) is 10.3. The van der Waals surface area contributed by atoms with Crippen molar-refractivity contribution in [2.24, 2.45) is 0 Å². The van der Waals surface area contributed by atoms with Crippen LogP contribution in [0.1, 0.15) is 29.9 Å². The van der Waals surface area contributed by atoms with E-state index in [1.165, 1.54) is 25.2 Å². The highest BCUT2D eigenvalue weighted by molar-refractivity contribution is 7.13. The van der Waals surface area contributed by atoms with Gasteiger partial charge in [0.15, 0.2) is 11.9 Å². The SMILES string of the molecule is CC(=O)c1cccc(NC(=O)[C@H](C)OC(=O)Cc2csc(-c3cccnc3)n2)c1. The summed E-state index contributed by atoms with van der Waals surface area (Å²) in [4.78, 5) is 44.4. The van der Waals surface area contributed by atoms with Gasteiger partial charge in [0.2, 0.25) is 0 Å². The van der Waals surface area contributed by atoms with Crippen LogP contribution in [-0.4, -0.2) is 33.7 Å². The fourth-order valence-electron chi connectivity index (χ4n) is 2.51. The van der Waals surface area contributed by atoms with Gasteiger partial charge in [-0.05, 0) is 38.1 Å². The molecule has 0 saturated heterocycles. The van der Waals surface area contributed by atoms with Gasteiger partial charge in [-0.15, -0.1) is 11.3 Å². The molecule has 1 amide bonds. The lowest BCUT2D eigenvalue weighted by Gasteiger charge is -2.13. The molecule has 29 heavy (non-hydrogen) atoms. The summed E-state index contributed by atoms with van der Waals surface area (Å²) in [5.41, 5.74) is 2.39. The van der Waals surface area contributed by atoms with Gasteiger partial charge in [-0.3, -0.25) is 19.4 Å². The maximum absolute atomic E-state index is 12.3. The van der Waals surface area contributed by atoms with Gasteiger partial charge in [0.1, 0.15) is 5.01 Å². The van der Waals surface area contributed by atoms with Crippen molar-refractivity contribution in [3.8, 4) is 10.6 Å². The van der Waals surface area contributed by atoms with Gasteiger partial charge in [0, 0.05) is 34.6 Å². The third-order valence-electron chi connectivity index (χ3n) is 4.00. The largest absolute Gasteiger partial charge is 0.452 e. The summed E-state index contributed by atoms with van der Waals surface area (Å²) >= 11 is 1.41. The first-order valence-corrected chi connectivity index (χ1v) is 9.76. The molecule has 3 aromatic rings. The Morgan fingerprint density at radius 3 is 2.76 bits per heavy atom. The Bertz CT molecular complexity index is 1030. The predicted octanol–water partition coefficient (Wildman–Crippen LogP) is 3.52. The second kappa shape index (κ2) is 9.20. The van der Waals surface area contributed by atoms with E-state index in [0.29, 0.717) is 16.9 Å². The van der Waals surface area contributed by atoms with Crippen molar-refractivity contribution in [1.29, 1.82) is 0 Å². The Labute approximate surface area is 171 Å². The number of rotatable bonds is 7. The zero-order valence-corrected chi connectivity index (χ0v) is 16.7. The molecule has 0 bridgehead atoms. The van der Waals surface area contributed by atoms with E-state index in [0.717, 1.165) is 10.6 Å². The highest BCUT2D eigenvalue weighted by atomic mass is 32.1. The molecule has 148 valence electrons. The van der Waals surface area contributed by atoms with Crippen LogP contribution in [0, 0.1) is 0 Å². The predicted molar refractivity (Wildman–Crippen MR) is 110 cm³/mol. The average molecular weight is 409 g/mol. The standard InChI is InChI=1S/C21H19N3O4S/c1-13(25)15-5-3-7-17(9-15)23-20(27)14(2)28-19(26)10-18-12-29-21(24-18)16-6-4-8-22-11-16/h3-9,11-12,14H,10H2,1-2H3,(H,23,27)/t14-/m0/s1. The molecule has 1 aromatic carbocycles. The molecule has 2 aromatic heterocycles. The normalized spacial score (nSPS) is 11.5. The Morgan fingerprint density at radius 2 is 2.03 bits per heavy atom. The van der Waals surface area contributed by atoms with Gasteiger partial charge in [-0.25, -0.2) is 4.98 Å². The Balaban J connectivity index is 1.55. The molecule has 0 aliphatic heterocycles. The summed E-state index contributed by atoms with van der Waals surface area (Å²) in [6.45, 7) is 2.94. The number of esters is 1. The second-order valence-corrected chi connectivity index (χ2v) is 7.18. The Kier molecular flexibility index (Phi) is 6.46. The molecule has 0 fully saturated rings. The number of pyridine rings is 1. The number of carbonyl (C=O) groups is 3. The van der Waals surface area contributed by atoms with Gasteiger partial charge >= 0.3 is 5.97 Å². The maximum atomic E-state index is 12.3. The number of nitrogens with one attached hydrogen (secondary N) is 1. The summed E-state index contributed by atoms with van der Waals surface area (Å²) in [7, 11) is 0. The lowest BCUT2D eigenvalue weighted by molar-refractivity contribution is -0.152. The van der Waals surface area contributed by atoms with Crippen molar-refractivity contribution < 1.29 is 19.1 Å². The molecule has 7 nitrogen and oxygen atoms in total. The summed E-state index contributed by atoms with van der Waals surface area (Å²) < 4.78 is 5.22. The first-order chi connectivity index (χ1) is 13.9. The Hall–Kier alpha value is -3.39. The number of nitrogens with zero attached hydrogens (tertiary/aromatic N) is 2. The van der Waals surface area contributed by atoms with E-state index in [1.54, 1.807) is 42.0 Å². The molecule has 0 unspecified atom stereocenters. The molecule has 0 aliphatic carbocycles. The van der Waals surface area contributed by atoms with Crippen LogP contribution in [0.2, 0.25) is 0 Å². The number of amides is 1. The summed E-state index contributed by atoms with van der Waals surface area (Å²) in [5.74, 6) is -1.13. The van der Waals surface area contributed by atoms with Crippen LogP contribution in [0.15, 0.2) is 54.2 Å². The number of Topliss-reactive ketones (excluding diaryl/α,β-unsaturated/α-hetero) is 1. The minimum atomic E-state index is -0.986. The van der Waals surface area contributed by atoms with E-state index in [9.17, 15) is 14.4 Å². The van der Waals surface area contributed by atoms with Crippen LogP contribution in [-0.2, 0) is 20.7 Å². The molecule has 8 heteroatoms. The van der Waals surface area contributed by atoms with Crippen molar-refractivity contribution >= 4 is 34.7 Å². The number of ether oxygens (including phenoxy) is 1. The van der Waals surface area contributed by atoms with E-state index in [4.69, 9.17) is 4.74 Å². The summed E-state index contributed by atoms with van der Waals surface area (Å²) in [5, 5.41) is 5.18.